The number of hydrogen-bond donors (Lipinski definition) is 0. The molecule has 0 aromatic heterocycles. The quantitative estimate of drug-likeness (QED) is 0.281. The SMILES string of the molecule is COC(=O)c1ccccc1COc1cccc(OCc2cccc(Oc3ccccc3)c2)c1. The molecule has 0 saturated carbocycles. The van der Waals surface area contributed by atoms with E-state index in [9.17, 15) is 4.79 Å². The van der Waals surface area contributed by atoms with E-state index in [1.54, 1.807) is 12.1 Å². The van der Waals surface area contributed by atoms with E-state index in [2.05, 4.69) is 0 Å². The third-order valence-corrected chi connectivity index (χ3v) is 4.91. The number of esters is 1. The fraction of sp³-hybridized carbons (Fsp3) is 0.107. The number of hydrogen-bond acceptors (Lipinski definition) is 5. The molecule has 5 heteroatoms. The van der Waals surface area contributed by atoms with Gasteiger partial charge in [-0.15, -0.1) is 0 Å². The number of ether oxygens (including phenoxy) is 4. The third kappa shape index (κ3) is 6.14. The molecule has 0 bridgehead atoms. The molecule has 0 saturated heterocycles. The first-order chi connectivity index (χ1) is 16.2. The summed E-state index contributed by atoms with van der Waals surface area (Å²) in [5.74, 6) is 2.49. The summed E-state index contributed by atoms with van der Waals surface area (Å²) in [7, 11) is 1.37. The molecule has 0 fully saturated rings. The Labute approximate surface area is 193 Å². The fourth-order valence-electron chi connectivity index (χ4n) is 3.26. The van der Waals surface area contributed by atoms with Gasteiger partial charge in [0.15, 0.2) is 0 Å². The van der Waals surface area contributed by atoms with E-state index in [0.29, 0.717) is 23.7 Å². The van der Waals surface area contributed by atoms with Crippen LogP contribution < -0.4 is 14.2 Å². The van der Waals surface area contributed by atoms with Crippen molar-refractivity contribution < 1.29 is 23.7 Å². The Balaban J connectivity index is 1.36. The molecule has 0 radical (unpaired) electrons. The van der Waals surface area contributed by atoms with E-state index < -0.39 is 0 Å². The average molecular weight is 440 g/mol. The van der Waals surface area contributed by atoms with Crippen LogP contribution in [0.4, 0.5) is 0 Å². The van der Waals surface area contributed by atoms with Crippen molar-refractivity contribution in [3.63, 3.8) is 0 Å². The molecule has 166 valence electrons. The summed E-state index contributed by atoms with van der Waals surface area (Å²) in [5.41, 5.74) is 2.23. The minimum absolute atomic E-state index is 0.244. The van der Waals surface area contributed by atoms with Gasteiger partial charge in [-0.05, 0) is 48.0 Å². The molecule has 4 aromatic rings. The van der Waals surface area contributed by atoms with Crippen molar-refractivity contribution in [2.75, 3.05) is 7.11 Å². The number of methoxy groups -OCH3 is 1. The van der Waals surface area contributed by atoms with Crippen LogP contribution in [0.15, 0.2) is 103 Å². The number of benzene rings is 4. The Bertz CT molecular complexity index is 1200. The van der Waals surface area contributed by atoms with Crippen LogP contribution in [-0.2, 0) is 18.0 Å². The lowest BCUT2D eigenvalue weighted by Gasteiger charge is -2.12. The van der Waals surface area contributed by atoms with Crippen LogP contribution in [0.5, 0.6) is 23.0 Å². The van der Waals surface area contributed by atoms with Crippen molar-refractivity contribution in [2.45, 2.75) is 13.2 Å². The topological polar surface area (TPSA) is 54.0 Å². The van der Waals surface area contributed by atoms with E-state index >= 15 is 0 Å². The van der Waals surface area contributed by atoms with Crippen molar-refractivity contribution >= 4 is 5.97 Å². The smallest absolute Gasteiger partial charge is 0.338 e. The van der Waals surface area contributed by atoms with Gasteiger partial charge in [0.1, 0.15) is 36.2 Å². The van der Waals surface area contributed by atoms with Crippen LogP contribution in [-0.4, -0.2) is 13.1 Å². The van der Waals surface area contributed by atoms with Crippen molar-refractivity contribution in [2.24, 2.45) is 0 Å². The number of carbonyl (C=O) groups excluding carboxylic acids is 1. The van der Waals surface area contributed by atoms with Crippen molar-refractivity contribution in [3.8, 4) is 23.0 Å². The minimum Gasteiger partial charge on any atom is -0.489 e. The first-order valence-corrected chi connectivity index (χ1v) is 10.5. The highest BCUT2D eigenvalue weighted by Gasteiger charge is 2.11. The second-order valence-electron chi connectivity index (χ2n) is 7.26. The van der Waals surface area contributed by atoms with Crippen molar-refractivity contribution in [1.29, 1.82) is 0 Å². The molecule has 0 atom stereocenters. The highest BCUT2D eigenvalue weighted by Crippen LogP contribution is 2.25. The van der Waals surface area contributed by atoms with Gasteiger partial charge in [-0.2, -0.15) is 0 Å². The van der Waals surface area contributed by atoms with E-state index in [-0.39, 0.29) is 12.6 Å². The van der Waals surface area contributed by atoms with Gasteiger partial charge in [-0.1, -0.05) is 54.6 Å². The molecule has 0 N–H and O–H groups in total. The highest BCUT2D eigenvalue weighted by atomic mass is 16.5. The van der Waals surface area contributed by atoms with E-state index in [1.807, 2.05) is 91.0 Å². The van der Waals surface area contributed by atoms with Gasteiger partial charge in [-0.3, -0.25) is 0 Å². The van der Waals surface area contributed by atoms with Crippen molar-refractivity contribution in [1.82, 2.24) is 0 Å². The molecule has 0 aliphatic heterocycles. The van der Waals surface area contributed by atoms with E-state index in [4.69, 9.17) is 18.9 Å². The summed E-state index contributed by atoms with van der Waals surface area (Å²) >= 11 is 0. The van der Waals surface area contributed by atoms with Gasteiger partial charge in [0.05, 0.1) is 12.7 Å². The standard InChI is InChI=1S/C28H24O5/c1-30-28(29)27-16-6-5-10-22(27)20-32-25-14-8-13-24(18-25)31-19-21-9-7-15-26(17-21)33-23-11-3-2-4-12-23/h2-18H,19-20H2,1H3. The molecule has 0 heterocycles. The number of para-hydroxylation sites is 1. The van der Waals surface area contributed by atoms with Gasteiger partial charge < -0.3 is 18.9 Å². The Kier molecular flexibility index (Phi) is 7.23. The van der Waals surface area contributed by atoms with Crippen LogP contribution >= 0.6 is 0 Å². The molecule has 33 heavy (non-hydrogen) atoms. The first-order valence-electron chi connectivity index (χ1n) is 10.5. The normalized spacial score (nSPS) is 10.3. The van der Waals surface area contributed by atoms with E-state index in [1.165, 1.54) is 7.11 Å². The second kappa shape index (κ2) is 10.9. The Morgan fingerprint density at radius 3 is 2.06 bits per heavy atom. The maximum atomic E-state index is 11.9. The summed E-state index contributed by atoms with van der Waals surface area (Å²) in [6.07, 6.45) is 0. The minimum atomic E-state index is -0.384. The molecule has 0 spiro atoms. The molecule has 5 nitrogen and oxygen atoms in total. The van der Waals surface area contributed by atoms with Gasteiger partial charge in [0, 0.05) is 11.6 Å². The first kappa shape index (κ1) is 22.0. The highest BCUT2D eigenvalue weighted by molar-refractivity contribution is 5.90. The van der Waals surface area contributed by atoms with Crippen molar-refractivity contribution in [3.05, 3.63) is 120 Å². The van der Waals surface area contributed by atoms with Gasteiger partial charge in [0.25, 0.3) is 0 Å². The summed E-state index contributed by atoms with van der Waals surface area (Å²) in [5, 5.41) is 0. The molecular formula is C28H24O5. The fourth-order valence-corrected chi connectivity index (χ4v) is 3.26. The Hall–Kier alpha value is -4.25. The van der Waals surface area contributed by atoms with Gasteiger partial charge in [-0.25, -0.2) is 4.79 Å². The molecule has 0 aliphatic carbocycles. The average Bonchev–Trinajstić information content (AvgIpc) is 2.87. The summed E-state index contributed by atoms with van der Waals surface area (Å²) in [6, 6.07) is 32.1. The Morgan fingerprint density at radius 1 is 0.636 bits per heavy atom. The molecule has 0 aliphatic rings. The van der Waals surface area contributed by atoms with Gasteiger partial charge >= 0.3 is 5.97 Å². The summed E-state index contributed by atoms with van der Waals surface area (Å²) in [6.45, 7) is 0.633. The molecule has 0 amide bonds. The molecular weight excluding hydrogens is 416 g/mol. The summed E-state index contributed by atoms with van der Waals surface area (Å²) in [4.78, 5) is 11.9. The molecule has 4 rings (SSSR count). The zero-order valence-electron chi connectivity index (χ0n) is 18.3. The number of rotatable bonds is 9. The Morgan fingerprint density at radius 2 is 1.27 bits per heavy atom. The zero-order chi connectivity index (χ0) is 22.9. The largest absolute Gasteiger partial charge is 0.489 e. The lowest BCUT2D eigenvalue weighted by atomic mass is 10.1. The predicted octanol–water partition coefficient (Wildman–Crippen LogP) is 6.42. The third-order valence-electron chi connectivity index (χ3n) is 4.91. The number of carbonyl (C=O) groups is 1. The second-order valence-corrected chi connectivity index (χ2v) is 7.26. The van der Waals surface area contributed by atoms with E-state index in [0.717, 1.165) is 22.6 Å². The van der Waals surface area contributed by atoms with Gasteiger partial charge in [0.2, 0.25) is 0 Å². The monoisotopic (exact) mass is 440 g/mol. The molecule has 0 unspecified atom stereocenters. The maximum Gasteiger partial charge on any atom is 0.338 e. The zero-order valence-corrected chi connectivity index (χ0v) is 18.3. The van der Waals surface area contributed by atoms with Crippen LogP contribution in [0.1, 0.15) is 21.5 Å². The lowest BCUT2D eigenvalue weighted by molar-refractivity contribution is 0.0597. The molecule has 4 aromatic carbocycles. The lowest BCUT2D eigenvalue weighted by Crippen LogP contribution is -2.07. The predicted molar refractivity (Wildman–Crippen MR) is 126 cm³/mol. The van der Waals surface area contributed by atoms with Crippen LogP contribution in [0, 0.1) is 0 Å². The summed E-state index contributed by atoms with van der Waals surface area (Å²) < 4.78 is 22.6. The van der Waals surface area contributed by atoms with Crippen LogP contribution in [0.2, 0.25) is 0 Å². The maximum absolute atomic E-state index is 11.9. The van der Waals surface area contributed by atoms with Crippen LogP contribution in [0.25, 0.3) is 0 Å². The van der Waals surface area contributed by atoms with Crippen LogP contribution in [0.3, 0.4) is 0 Å².